The third-order valence-corrected chi connectivity index (χ3v) is 8.19. The lowest BCUT2D eigenvalue weighted by Gasteiger charge is -2.35. The molecule has 0 fully saturated rings. The van der Waals surface area contributed by atoms with Crippen LogP contribution in [0.5, 0.6) is 5.75 Å². The SMILES string of the molecule is CC(C)c1ccc2c(c1)OC1(O)C3=C(C(=O)C21NC(=O)c1cc2ccccc2s1)C(N)CC=C3. The predicted molar refractivity (Wildman–Crippen MR) is 131 cm³/mol. The van der Waals surface area contributed by atoms with Crippen LogP contribution in [0.3, 0.4) is 0 Å². The van der Waals surface area contributed by atoms with E-state index in [1.165, 1.54) is 11.3 Å². The van der Waals surface area contributed by atoms with Crippen LogP contribution in [0.2, 0.25) is 0 Å². The van der Waals surface area contributed by atoms with E-state index in [9.17, 15) is 14.7 Å². The molecule has 1 amide bonds. The minimum Gasteiger partial charge on any atom is -0.454 e. The second kappa shape index (κ2) is 7.12. The number of carbonyl (C=O) groups is 2. The quantitative estimate of drug-likeness (QED) is 0.537. The Kier molecular flexibility index (Phi) is 4.46. The number of fused-ring (bicyclic) bond motifs is 5. The molecule has 0 spiro atoms. The van der Waals surface area contributed by atoms with Crippen molar-refractivity contribution in [1.29, 1.82) is 0 Å². The maximum Gasteiger partial charge on any atom is 0.270 e. The van der Waals surface area contributed by atoms with Gasteiger partial charge in [-0.15, -0.1) is 11.3 Å². The molecule has 2 aliphatic carbocycles. The maximum absolute atomic E-state index is 14.1. The molecule has 0 saturated carbocycles. The molecule has 1 aliphatic heterocycles. The van der Waals surface area contributed by atoms with E-state index in [4.69, 9.17) is 10.5 Å². The van der Waals surface area contributed by atoms with Crippen LogP contribution in [-0.4, -0.2) is 28.6 Å². The first-order chi connectivity index (χ1) is 16.3. The van der Waals surface area contributed by atoms with Gasteiger partial charge in [-0.2, -0.15) is 0 Å². The number of thiophene rings is 1. The predicted octanol–water partition coefficient (Wildman–Crippen LogP) is 3.90. The number of nitrogens with two attached hydrogens (primary N) is 1. The molecule has 172 valence electrons. The molecule has 6 rings (SSSR count). The van der Waals surface area contributed by atoms with Crippen molar-refractivity contribution in [1.82, 2.24) is 5.32 Å². The summed E-state index contributed by atoms with van der Waals surface area (Å²) in [5, 5.41) is 15.9. The van der Waals surface area contributed by atoms with Gasteiger partial charge in [0.2, 0.25) is 5.54 Å². The van der Waals surface area contributed by atoms with Crippen molar-refractivity contribution in [2.24, 2.45) is 5.73 Å². The molecular formula is C27H24N2O4S. The van der Waals surface area contributed by atoms with Gasteiger partial charge in [0.05, 0.1) is 4.88 Å². The van der Waals surface area contributed by atoms with Gasteiger partial charge in [-0.25, -0.2) is 0 Å². The van der Waals surface area contributed by atoms with E-state index in [2.05, 4.69) is 19.2 Å². The molecular weight excluding hydrogens is 448 g/mol. The van der Waals surface area contributed by atoms with E-state index in [0.717, 1.165) is 15.6 Å². The van der Waals surface area contributed by atoms with E-state index >= 15 is 0 Å². The fourth-order valence-electron chi connectivity index (χ4n) is 5.31. The lowest BCUT2D eigenvalue weighted by atomic mass is 9.81. The van der Waals surface area contributed by atoms with Crippen molar-refractivity contribution < 1.29 is 19.4 Å². The van der Waals surface area contributed by atoms with Crippen molar-refractivity contribution in [2.45, 2.75) is 43.6 Å². The van der Waals surface area contributed by atoms with E-state index in [1.807, 2.05) is 42.5 Å². The second-order valence-electron chi connectivity index (χ2n) is 9.41. The Hall–Kier alpha value is -3.26. The zero-order valence-corrected chi connectivity index (χ0v) is 19.6. The van der Waals surface area contributed by atoms with E-state index < -0.39 is 29.1 Å². The first-order valence-corrected chi connectivity index (χ1v) is 12.2. The number of aliphatic hydroxyl groups is 1. The zero-order chi connectivity index (χ0) is 23.8. The molecule has 4 N–H and O–H groups in total. The van der Waals surface area contributed by atoms with Crippen LogP contribution in [0.25, 0.3) is 10.1 Å². The van der Waals surface area contributed by atoms with Crippen molar-refractivity contribution in [3.8, 4) is 5.75 Å². The van der Waals surface area contributed by atoms with Gasteiger partial charge in [0.25, 0.3) is 11.7 Å². The number of hydrogen-bond donors (Lipinski definition) is 3. The summed E-state index contributed by atoms with van der Waals surface area (Å²) in [6, 6.07) is 14.4. The Morgan fingerprint density at radius 3 is 2.79 bits per heavy atom. The van der Waals surface area contributed by atoms with Crippen molar-refractivity contribution in [3.05, 3.63) is 87.8 Å². The lowest BCUT2D eigenvalue weighted by Crippen LogP contribution is -2.63. The van der Waals surface area contributed by atoms with Gasteiger partial charge >= 0.3 is 0 Å². The molecule has 34 heavy (non-hydrogen) atoms. The number of rotatable bonds is 3. The zero-order valence-electron chi connectivity index (χ0n) is 18.8. The molecule has 1 aromatic heterocycles. The highest BCUT2D eigenvalue weighted by Crippen LogP contribution is 2.58. The van der Waals surface area contributed by atoms with Gasteiger partial charge in [-0.3, -0.25) is 9.59 Å². The Balaban J connectivity index is 1.52. The van der Waals surface area contributed by atoms with E-state index in [-0.39, 0.29) is 5.92 Å². The second-order valence-corrected chi connectivity index (χ2v) is 10.5. The highest BCUT2D eigenvalue weighted by Gasteiger charge is 2.72. The summed E-state index contributed by atoms with van der Waals surface area (Å²) in [6.07, 6.45) is 3.99. The first kappa shape index (κ1) is 21.3. The number of ether oxygens (including phenoxy) is 1. The average molecular weight is 473 g/mol. The fraction of sp³-hybridized carbons (Fsp3) is 0.259. The summed E-state index contributed by atoms with van der Waals surface area (Å²) in [7, 11) is 0. The summed E-state index contributed by atoms with van der Waals surface area (Å²) in [6.45, 7) is 4.11. The highest BCUT2D eigenvalue weighted by molar-refractivity contribution is 7.20. The van der Waals surface area contributed by atoms with Gasteiger partial charge in [0.15, 0.2) is 5.78 Å². The summed E-state index contributed by atoms with van der Waals surface area (Å²) >= 11 is 1.34. The maximum atomic E-state index is 14.1. The third-order valence-electron chi connectivity index (χ3n) is 7.08. The molecule has 7 heteroatoms. The normalized spacial score (nSPS) is 27.1. The number of nitrogens with one attached hydrogen (secondary N) is 1. The van der Waals surface area contributed by atoms with Crippen molar-refractivity contribution in [2.75, 3.05) is 0 Å². The van der Waals surface area contributed by atoms with Crippen molar-refractivity contribution in [3.63, 3.8) is 0 Å². The van der Waals surface area contributed by atoms with Gasteiger partial charge in [-0.1, -0.05) is 56.3 Å². The molecule has 3 unspecified atom stereocenters. The minimum atomic E-state index is -2.09. The van der Waals surface area contributed by atoms with Crippen LogP contribution >= 0.6 is 11.3 Å². The highest BCUT2D eigenvalue weighted by atomic mass is 32.1. The molecule has 0 bridgehead atoms. The Bertz CT molecular complexity index is 1420. The number of amides is 1. The van der Waals surface area contributed by atoms with Crippen LogP contribution in [0, 0.1) is 0 Å². The number of ketones is 1. The molecule has 6 nitrogen and oxygen atoms in total. The molecule has 3 aliphatic rings. The minimum absolute atomic E-state index is 0.224. The average Bonchev–Trinajstić information content (AvgIpc) is 3.41. The van der Waals surface area contributed by atoms with Crippen LogP contribution in [0.4, 0.5) is 0 Å². The summed E-state index contributed by atoms with van der Waals surface area (Å²) < 4.78 is 7.12. The van der Waals surface area contributed by atoms with Crippen molar-refractivity contribution >= 4 is 33.1 Å². The summed E-state index contributed by atoms with van der Waals surface area (Å²) in [5.74, 6) is -2.35. The van der Waals surface area contributed by atoms with Gasteiger partial charge in [-0.05, 0) is 41.5 Å². The number of benzene rings is 2. The Morgan fingerprint density at radius 2 is 2.03 bits per heavy atom. The lowest BCUT2D eigenvalue weighted by molar-refractivity contribution is -0.154. The number of hydrogen-bond acceptors (Lipinski definition) is 6. The third kappa shape index (κ3) is 2.63. The Morgan fingerprint density at radius 1 is 1.24 bits per heavy atom. The monoisotopic (exact) mass is 472 g/mol. The Labute approximate surface area is 200 Å². The fourth-order valence-corrected chi connectivity index (χ4v) is 6.26. The topological polar surface area (TPSA) is 102 Å². The summed E-state index contributed by atoms with van der Waals surface area (Å²) in [5.41, 5.74) is 6.55. The molecule has 3 atom stereocenters. The number of Topliss-reactive ketones (excluding diaryl/α,β-unsaturated/α-hetero) is 1. The van der Waals surface area contributed by atoms with Crippen LogP contribution in [0.15, 0.2) is 71.8 Å². The first-order valence-electron chi connectivity index (χ1n) is 11.3. The summed E-state index contributed by atoms with van der Waals surface area (Å²) in [4.78, 5) is 28.1. The largest absolute Gasteiger partial charge is 0.454 e. The molecule has 0 radical (unpaired) electrons. The van der Waals surface area contributed by atoms with Crippen LogP contribution in [0.1, 0.15) is 47.0 Å². The number of carbonyl (C=O) groups excluding carboxylic acids is 2. The molecule has 3 aromatic rings. The van der Waals surface area contributed by atoms with E-state index in [0.29, 0.717) is 33.8 Å². The smallest absolute Gasteiger partial charge is 0.270 e. The molecule has 0 saturated heterocycles. The molecule has 2 aromatic carbocycles. The standard InChI is InChI=1S/C27H24N2O4S/c1-14(2)15-10-11-17-20(12-15)33-27(32)18-7-5-8-19(28)23(18)24(30)26(17,27)29-25(31)22-13-16-6-3-4-9-21(16)34-22/h3-7,9-14,19,32H,8,28H2,1-2H3,(H,29,31). The van der Waals surface area contributed by atoms with Gasteiger partial charge < -0.3 is 20.9 Å². The van der Waals surface area contributed by atoms with Gasteiger partial charge in [0.1, 0.15) is 5.75 Å². The van der Waals surface area contributed by atoms with Crippen LogP contribution < -0.4 is 15.8 Å². The van der Waals surface area contributed by atoms with E-state index in [1.54, 1.807) is 18.2 Å². The molecule has 2 heterocycles. The van der Waals surface area contributed by atoms with Crippen LogP contribution in [-0.2, 0) is 10.3 Å². The van der Waals surface area contributed by atoms with Gasteiger partial charge in [0, 0.05) is 27.5 Å².